The average Bonchev–Trinajstić information content (AvgIpc) is 2.59. The van der Waals surface area contributed by atoms with Gasteiger partial charge in [-0.1, -0.05) is 6.07 Å². The van der Waals surface area contributed by atoms with E-state index in [0.29, 0.717) is 6.61 Å². The van der Waals surface area contributed by atoms with E-state index in [4.69, 9.17) is 14.6 Å². The normalized spacial score (nSPS) is 15.7. The van der Waals surface area contributed by atoms with E-state index >= 15 is 0 Å². The number of benzene rings is 1. The number of rotatable bonds is 10. The number of nitrogens with one attached hydrogen (secondary N) is 1. The summed E-state index contributed by atoms with van der Waals surface area (Å²) in [5.74, 6) is 0.961. The molecule has 2 rings (SSSR count). The van der Waals surface area contributed by atoms with Crippen molar-refractivity contribution < 1.29 is 14.6 Å². The Morgan fingerprint density at radius 3 is 2.78 bits per heavy atom. The molecule has 1 heterocycles. The van der Waals surface area contributed by atoms with Gasteiger partial charge in [-0.15, -0.1) is 0 Å². The van der Waals surface area contributed by atoms with Gasteiger partial charge in [0.2, 0.25) is 0 Å². The van der Waals surface area contributed by atoms with Gasteiger partial charge in [0.25, 0.3) is 0 Å². The molecule has 5 nitrogen and oxygen atoms in total. The van der Waals surface area contributed by atoms with Crippen molar-refractivity contribution in [1.29, 1.82) is 0 Å². The molecule has 1 aliphatic rings. The Morgan fingerprint density at radius 1 is 1.22 bits per heavy atom. The molecule has 2 N–H and O–H groups in total. The first kappa shape index (κ1) is 18.2. The Bertz CT molecular complexity index is 448. The highest BCUT2D eigenvalue weighted by Crippen LogP contribution is 2.22. The molecule has 0 bridgehead atoms. The van der Waals surface area contributed by atoms with Gasteiger partial charge in [0.15, 0.2) is 0 Å². The number of methoxy groups -OCH3 is 1. The van der Waals surface area contributed by atoms with Crippen LogP contribution in [-0.4, -0.2) is 56.6 Å². The molecule has 1 aromatic carbocycles. The molecule has 0 radical (unpaired) electrons. The minimum Gasteiger partial charge on any atom is -0.496 e. The predicted molar refractivity (Wildman–Crippen MR) is 91.7 cm³/mol. The van der Waals surface area contributed by atoms with Crippen molar-refractivity contribution in [3.05, 3.63) is 29.3 Å². The maximum absolute atomic E-state index is 8.77. The SMILES string of the molecule is COc1ccc(CNCCCCCO)cc1CN1CCOCC1. The van der Waals surface area contributed by atoms with Gasteiger partial charge in [0.1, 0.15) is 5.75 Å². The number of aliphatic hydroxyl groups excluding tert-OH is 1. The molecular weight excluding hydrogens is 292 g/mol. The first-order valence-corrected chi connectivity index (χ1v) is 8.61. The third-order valence-corrected chi connectivity index (χ3v) is 4.18. The van der Waals surface area contributed by atoms with E-state index in [-0.39, 0.29) is 0 Å². The third kappa shape index (κ3) is 6.47. The zero-order valence-electron chi connectivity index (χ0n) is 14.2. The molecule has 0 spiro atoms. The van der Waals surface area contributed by atoms with Crippen LogP contribution in [0.3, 0.4) is 0 Å². The lowest BCUT2D eigenvalue weighted by molar-refractivity contribution is 0.0339. The Kier molecular flexibility index (Phi) is 8.39. The van der Waals surface area contributed by atoms with Crippen molar-refractivity contribution in [2.75, 3.05) is 46.6 Å². The molecular formula is C18H30N2O3. The van der Waals surface area contributed by atoms with Crippen LogP contribution in [0, 0.1) is 0 Å². The van der Waals surface area contributed by atoms with Crippen molar-refractivity contribution in [2.24, 2.45) is 0 Å². The number of morpholine rings is 1. The second-order valence-electron chi connectivity index (χ2n) is 6.00. The molecule has 0 aromatic heterocycles. The predicted octanol–water partition coefficient (Wildman–Crippen LogP) is 1.78. The van der Waals surface area contributed by atoms with Gasteiger partial charge in [-0.25, -0.2) is 0 Å². The van der Waals surface area contributed by atoms with Crippen molar-refractivity contribution in [3.8, 4) is 5.75 Å². The Labute approximate surface area is 139 Å². The van der Waals surface area contributed by atoms with Crippen LogP contribution < -0.4 is 10.1 Å². The van der Waals surface area contributed by atoms with E-state index in [0.717, 1.165) is 70.9 Å². The Balaban J connectivity index is 1.84. The number of ether oxygens (including phenoxy) is 2. The van der Waals surface area contributed by atoms with E-state index < -0.39 is 0 Å². The van der Waals surface area contributed by atoms with Crippen LogP contribution in [0.2, 0.25) is 0 Å². The average molecular weight is 322 g/mol. The maximum Gasteiger partial charge on any atom is 0.123 e. The van der Waals surface area contributed by atoms with E-state index in [1.807, 2.05) is 0 Å². The van der Waals surface area contributed by atoms with Crippen LogP contribution in [0.1, 0.15) is 30.4 Å². The number of unbranched alkanes of at least 4 members (excludes halogenated alkanes) is 2. The molecule has 0 atom stereocenters. The van der Waals surface area contributed by atoms with Gasteiger partial charge in [-0.3, -0.25) is 4.90 Å². The summed E-state index contributed by atoms with van der Waals surface area (Å²) in [6.45, 7) is 6.67. The maximum atomic E-state index is 8.77. The quantitative estimate of drug-likeness (QED) is 0.643. The zero-order chi connectivity index (χ0) is 16.3. The lowest BCUT2D eigenvalue weighted by Crippen LogP contribution is -2.35. The molecule has 1 saturated heterocycles. The summed E-state index contributed by atoms with van der Waals surface area (Å²) >= 11 is 0. The summed E-state index contributed by atoms with van der Waals surface area (Å²) in [4.78, 5) is 2.41. The van der Waals surface area contributed by atoms with Crippen molar-refractivity contribution in [1.82, 2.24) is 10.2 Å². The van der Waals surface area contributed by atoms with Crippen molar-refractivity contribution >= 4 is 0 Å². The summed E-state index contributed by atoms with van der Waals surface area (Å²) in [5.41, 5.74) is 2.53. The van der Waals surface area contributed by atoms with Crippen LogP contribution in [0.4, 0.5) is 0 Å². The highest BCUT2D eigenvalue weighted by molar-refractivity contribution is 5.37. The standard InChI is InChI=1S/C18H30N2O3/c1-22-18-6-5-16(14-19-7-3-2-4-10-21)13-17(18)15-20-8-11-23-12-9-20/h5-6,13,19,21H,2-4,7-12,14-15H2,1H3. The Hall–Kier alpha value is -1.14. The van der Waals surface area contributed by atoms with E-state index in [9.17, 15) is 0 Å². The molecule has 1 aromatic rings. The van der Waals surface area contributed by atoms with Crippen molar-refractivity contribution in [3.63, 3.8) is 0 Å². The fourth-order valence-electron chi connectivity index (χ4n) is 2.84. The number of hydrogen-bond donors (Lipinski definition) is 2. The Morgan fingerprint density at radius 2 is 2.04 bits per heavy atom. The molecule has 0 aliphatic carbocycles. The van der Waals surface area contributed by atoms with Gasteiger partial charge < -0.3 is 19.9 Å². The third-order valence-electron chi connectivity index (χ3n) is 4.18. The first-order valence-electron chi connectivity index (χ1n) is 8.61. The molecule has 1 fully saturated rings. The number of hydrogen-bond acceptors (Lipinski definition) is 5. The summed E-state index contributed by atoms with van der Waals surface area (Å²) < 4.78 is 10.9. The van der Waals surface area contributed by atoms with Crippen molar-refractivity contribution in [2.45, 2.75) is 32.4 Å². The minimum absolute atomic E-state index is 0.295. The van der Waals surface area contributed by atoms with Gasteiger partial charge in [0, 0.05) is 38.3 Å². The van der Waals surface area contributed by atoms with Crippen LogP contribution in [0.15, 0.2) is 18.2 Å². The lowest BCUT2D eigenvalue weighted by atomic mass is 10.1. The first-order chi connectivity index (χ1) is 11.3. The lowest BCUT2D eigenvalue weighted by Gasteiger charge is -2.27. The molecule has 0 amide bonds. The number of aliphatic hydroxyl groups is 1. The fourth-order valence-corrected chi connectivity index (χ4v) is 2.84. The monoisotopic (exact) mass is 322 g/mol. The van der Waals surface area contributed by atoms with Crippen LogP contribution in [0.5, 0.6) is 5.75 Å². The molecule has 130 valence electrons. The van der Waals surface area contributed by atoms with Crippen LogP contribution in [0.25, 0.3) is 0 Å². The second-order valence-corrected chi connectivity index (χ2v) is 6.00. The van der Waals surface area contributed by atoms with E-state index in [1.54, 1.807) is 7.11 Å². The van der Waals surface area contributed by atoms with Gasteiger partial charge in [-0.2, -0.15) is 0 Å². The molecule has 23 heavy (non-hydrogen) atoms. The molecule has 0 saturated carbocycles. The van der Waals surface area contributed by atoms with E-state index in [2.05, 4.69) is 28.4 Å². The van der Waals surface area contributed by atoms with Gasteiger partial charge >= 0.3 is 0 Å². The topological polar surface area (TPSA) is 54.0 Å². The summed E-state index contributed by atoms with van der Waals surface area (Å²) in [7, 11) is 1.73. The summed E-state index contributed by atoms with van der Waals surface area (Å²) in [5, 5.41) is 12.2. The summed E-state index contributed by atoms with van der Waals surface area (Å²) in [6.07, 6.45) is 3.08. The second kappa shape index (κ2) is 10.6. The molecule has 0 unspecified atom stereocenters. The minimum atomic E-state index is 0.295. The summed E-state index contributed by atoms with van der Waals surface area (Å²) in [6, 6.07) is 6.44. The highest BCUT2D eigenvalue weighted by Gasteiger charge is 2.13. The van der Waals surface area contributed by atoms with E-state index in [1.165, 1.54) is 11.1 Å². The fraction of sp³-hybridized carbons (Fsp3) is 0.667. The molecule has 5 heteroatoms. The zero-order valence-corrected chi connectivity index (χ0v) is 14.2. The van der Waals surface area contributed by atoms with Gasteiger partial charge in [-0.05, 0) is 43.5 Å². The van der Waals surface area contributed by atoms with Crippen LogP contribution >= 0.6 is 0 Å². The highest BCUT2D eigenvalue weighted by atomic mass is 16.5. The largest absolute Gasteiger partial charge is 0.496 e. The van der Waals surface area contributed by atoms with Gasteiger partial charge in [0.05, 0.1) is 20.3 Å². The number of nitrogens with zero attached hydrogens (tertiary/aromatic N) is 1. The molecule has 1 aliphatic heterocycles. The smallest absolute Gasteiger partial charge is 0.123 e. The van der Waals surface area contributed by atoms with Crippen LogP contribution in [-0.2, 0) is 17.8 Å².